The Labute approximate surface area is 160 Å². The van der Waals surface area contributed by atoms with Crippen molar-refractivity contribution < 1.29 is 28.2 Å². The minimum atomic E-state index is -2.75. The van der Waals surface area contributed by atoms with E-state index in [4.69, 9.17) is 9.84 Å². The highest BCUT2D eigenvalue weighted by molar-refractivity contribution is 5.92. The first kappa shape index (κ1) is 18.8. The second-order valence-electron chi connectivity index (χ2n) is 7.85. The summed E-state index contributed by atoms with van der Waals surface area (Å²) in [4.78, 5) is 35.0. The predicted octanol–water partition coefficient (Wildman–Crippen LogP) is 1.66. The average molecular weight is 396 g/mol. The lowest BCUT2D eigenvalue weighted by molar-refractivity contribution is -0.138. The first-order valence-electron chi connectivity index (χ1n) is 9.44. The number of nitrogens with zero attached hydrogens (tertiary/aromatic N) is 4. The number of hydrogen-bond acceptors (Lipinski definition) is 6. The number of aliphatic carboxylic acids is 1. The molecule has 10 heteroatoms. The van der Waals surface area contributed by atoms with Crippen LogP contribution in [0.4, 0.5) is 14.6 Å². The molecule has 1 amide bonds. The van der Waals surface area contributed by atoms with Crippen LogP contribution in [-0.2, 0) is 4.79 Å². The first-order valence-corrected chi connectivity index (χ1v) is 9.44. The zero-order valence-corrected chi connectivity index (χ0v) is 15.3. The van der Waals surface area contributed by atoms with Crippen LogP contribution in [0, 0.1) is 11.8 Å². The van der Waals surface area contributed by atoms with E-state index in [1.165, 1.54) is 11.1 Å². The van der Waals surface area contributed by atoms with E-state index in [1.807, 2.05) is 0 Å². The van der Waals surface area contributed by atoms with Crippen LogP contribution in [0.25, 0.3) is 0 Å². The average Bonchev–Trinajstić information content (AvgIpc) is 3.34. The normalized spacial score (nSPS) is 23.4. The van der Waals surface area contributed by atoms with Crippen molar-refractivity contribution in [1.82, 2.24) is 14.9 Å². The highest BCUT2D eigenvalue weighted by atomic mass is 19.3. The molecule has 3 fully saturated rings. The van der Waals surface area contributed by atoms with Gasteiger partial charge in [-0.3, -0.25) is 9.59 Å². The second-order valence-corrected chi connectivity index (χ2v) is 7.85. The summed E-state index contributed by atoms with van der Waals surface area (Å²) in [6.45, 7) is 0.339. The van der Waals surface area contributed by atoms with Gasteiger partial charge in [0.25, 0.3) is 17.7 Å². The van der Waals surface area contributed by atoms with Gasteiger partial charge in [0.2, 0.25) is 0 Å². The van der Waals surface area contributed by atoms with Crippen molar-refractivity contribution in [2.24, 2.45) is 11.8 Å². The molecule has 2 saturated heterocycles. The third kappa shape index (κ3) is 4.15. The Balaban J connectivity index is 1.48. The van der Waals surface area contributed by atoms with Crippen LogP contribution >= 0.6 is 0 Å². The van der Waals surface area contributed by atoms with E-state index in [9.17, 15) is 18.4 Å². The number of carbonyl (C=O) groups is 2. The van der Waals surface area contributed by atoms with Gasteiger partial charge < -0.3 is 19.6 Å². The number of ether oxygens (including phenoxy) is 1. The van der Waals surface area contributed by atoms with Crippen LogP contribution in [-0.4, -0.2) is 70.6 Å². The molecule has 1 aromatic rings. The van der Waals surface area contributed by atoms with Gasteiger partial charge in [-0.15, -0.1) is 0 Å². The summed E-state index contributed by atoms with van der Waals surface area (Å²) in [7, 11) is 0. The van der Waals surface area contributed by atoms with E-state index >= 15 is 0 Å². The molecule has 0 radical (unpaired) electrons. The van der Waals surface area contributed by atoms with Crippen molar-refractivity contribution in [3.05, 3.63) is 11.9 Å². The van der Waals surface area contributed by atoms with Gasteiger partial charge in [-0.2, -0.15) is 0 Å². The summed E-state index contributed by atoms with van der Waals surface area (Å²) < 4.78 is 32.2. The molecule has 3 aliphatic rings. The first-order chi connectivity index (χ1) is 13.3. The summed E-state index contributed by atoms with van der Waals surface area (Å²) in [5.74, 6) is -3.30. The summed E-state index contributed by atoms with van der Waals surface area (Å²) in [5.41, 5.74) is 0.0813. The largest absolute Gasteiger partial charge is 0.481 e. The lowest BCUT2D eigenvalue weighted by Crippen LogP contribution is -2.56. The number of aromatic nitrogens is 2. The van der Waals surface area contributed by atoms with Crippen molar-refractivity contribution in [3.63, 3.8) is 0 Å². The van der Waals surface area contributed by atoms with Crippen LogP contribution in [0.15, 0.2) is 6.20 Å². The number of anilines is 1. The maximum atomic E-state index is 13.2. The molecule has 1 N–H and O–H groups in total. The zero-order valence-electron chi connectivity index (χ0n) is 15.3. The molecule has 2 aliphatic heterocycles. The molecule has 0 bridgehead atoms. The Morgan fingerprint density at radius 3 is 2.64 bits per heavy atom. The van der Waals surface area contributed by atoms with E-state index in [0.29, 0.717) is 32.0 Å². The molecule has 8 nitrogen and oxygen atoms in total. The Morgan fingerprint density at radius 1 is 1.25 bits per heavy atom. The van der Waals surface area contributed by atoms with Gasteiger partial charge in [0, 0.05) is 19.5 Å². The minimum Gasteiger partial charge on any atom is -0.481 e. The van der Waals surface area contributed by atoms with Crippen LogP contribution in [0.5, 0.6) is 5.88 Å². The molecule has 28 heavy (non-hydrogen) atoms. The molecule has 0 unspecified atom stereocenters. The highest BCUT2D eigenvalue weighted by Gasteiger charge is 2.46. The van der Waals surface area contributed by atoms with E-state index < -0.39 is 25.0 Å². The SMILES string of the molecule is O=C(O)C[C@@H]1CCN(C(=O)c2cnc(N3CC(F)(F)C3)c(OCC3CC3)n2)C1. The number of hydrogen-bond donors (Lipinski definition) is 1. The van der Waals surface area contributed by atoms with Crippen LogP contribution < -0.4 is 9.64 Å². The van der Waals surface area contributed by atoms with Gasteiger partial charge in [-0.05, 0) is 31.1 Å². The highest BCUT2D eigenvalue weighted by Crippen LogP contribution is 2.36. The topological polar surface area (TPSA) is 95.9 Å². The van der Waals surface area contributed by atoms with E-state index in [2.05, 4.69) is 9.97 Å². The molecule has 0 spiro atoms. The Morgan fingerprint density at radius 2 is 2.00 bits per heavy atom. The third-order valence-electron chi connectivity index (χ3n) is 5.27. The third-order valence-corrected chi connectivity index (χ3v) is 5.27. The van der Waals surface area contributed by atoms with E-state index in [0.717, 1.165) is 12.8 Å². The monoisotopic (exact) mass is 396 g/mol. The van der Waals surface area contributed by atoms with Crippen LogP contribution in [0.3, 0.4) is 0 Å². The van der Waals surface area contributed by atoms with Crippen molar-refractivity contribution in [2.75, 3.05) is 37.7 Å². The number of likely N-dealkylation sites (tertiary alicyclic amines) is 1. The molecule has 3 heterocycles. The molecule has 1 saturated carbocycles. The zero-order chi connectivity index (χ0) is 19.9. The fourth-order valence-corrected chi connectivity index (χ4v) is 3.52. The number of carboxylic acid groups (broad SMARTS) is 1. The lowest BCUT2D eigenvalue weighted by Gasteiger charge is -2.39. The Bertz CT molecular complexity index is 779. The summed E-state index contributed by atoms with van der Waals surface area (Å²) >= 11 is 0. The van der Waals surface area contributed by atoms with Crippen molar-refractivity contribution in [1.29, 1.82) is 0 Å². The van der Waals surface area contributed by atoms with E-state index in [-0.39, 0.29) is 35.6 Å². The summed E-state index contributed by atoms with van der Waals surface area (Å²) in [6.07, 6.45) is 4.04. The fraction of sp³-hybridized carbons (Fsp3) is 0.667. The van der Waals surface area contributed by atoms with Gasteiger partial charge >= 0.3 is 5.97 Å². The predicted molar refractivity (Wildman–Crippen MR) is 93.7 cm³/mol. The van der Waals surface area contributed by atoms with Gasteiger partial charge in [-0.1, -0.05) is 0 Å². The quantitative estimate of drug-likeness (QED) is 0.749. The van der Waals surface area contributed by atoms with Gasteiger partial charge in [-0.25, -0.2) is 18.7 Å². The number of halogens is 2. The molecule has 1 atom stereocenters. The number of carbonyl (C=O) groups excluding carboxylic acids is 1. The van der Waals surface area contributed by atoms with Crippen molar-refractivity contribution >= 4 is 17.7 Å². The van der Waals surface area contributed by atoms with Gasteiger partial charge in [0.15, 0.2) is 11.5 Å². The molecular weight excluding hydrogens is 374 g/mol. The van der Waals surface area contributed by atoms with Crippen LogP contribution in [0.2, 0.25) is 0 Å². The molecule has 0 aromatic carbocycles. The maximum Gasteiger partial charge on any atom is 0.303 e. The second kappa shape index (κ2) is 7.14. The maximum absolute atomic E-state index is 13.2. The molecular formula is C18H22F2N4O4. The number of rotatable bonds is 7. The van der Waals surface area contributed by atoms with Gasteiger partial charge in [0.05, 0.1) is 25.9 Å². The smallest absolute Gasteiger partial charge is 0.303 e. The number of alkyl halides is 2. The minimum absolute atomic E-state index is 0.0211. The molecule has 4 rings (SSSR count). The fourth-order valence-electron chi connectivity index (χ4n) is 3.52. The standard InChI is InChI=1S/C18H22F2N4O4/c19-18(20)9-24(10-18)15-16(28-8-11-1-2-11)22-13(6-21-15)17(27)23-4-3-12(7-23)5-14(25)26/h6,11-12H,1-5,7-10H2,(H,25,26)/t12-/m0/s1. The Hall–Kier alpha value is -2.52. The molecule has 1 aliphatic carbocycles. The van der Waals surface area contributed by atoms with Crippen molar-refractivity contribution in [3.8, 4) is 5.88 Å². The van der Waals surface area contributed by atoms with Gasteiger partial charge in [0.1, 0.15) is 0 Å². The molecule has 1 aromatic heterocycles. The molecule has 152 valence electrons. The van der Waals surface area contributed by atoms with Crippen LogP contribution in [0.1, 0.15) is 36.2 Å². The number of amides is 1. The Kier molecular flexibility index (Phi) is 4.80. The van der Waals surface area contributed by atoms with E-state index in [1.54, 1.807) is 4.90 Å². The summed E-state index contributed by atoms with van der Waals surface area (Å²) in [5, 5.41) is 8.91. The number of carboxylic acids is 1. The lowest BCUT2D eigenvalue weighted by atomic mass is 10.1. The summed E-state index contributed by atoms with van der Waals surface area (Å²) in [6, 6.07) is 0. The van der Waals surface area contributed by atoms with Crippen molar-refractivity contribution in [2.45, 2.75) is 31.6 Å².